The van der Waals surface area contributed by atoms with Gasteiger partial charge in [0.2, 0.25) is 0 Å². The van der Waals surface area contributed by atoms with E-state index in [1.165, 1.54) is 25.2 Å². The predicted octanol–water partition coefficient (Wildman–Crippen LogP) is 4.57. The van der Waals surface area contributed by atoms with E-state index < -0.39 is 5.97 Å². The summed E-state index contributed by atoms with van der Waals surface area (Å²) in [6, 6.07) is 12.3. The Morgan fingerprint density at radius 3 is 2.47 bits per heavy atom. The topological polar surface area (TPSA) is 87.5 Å². The van der Waals surface area contributed by atoms with Crippen molar-refractivity contribution in [3.05, 3.63) is 58.7 Å². The second-order valence-corrected chi connectivity index (χ2v) is 11.9. The molecule has 7 nitrogen and oxygen atoms in total. The van der Waals surface area contributed by atoms with Crippen molar-refractivity contribution < 1.29 is 14.7 Å². The number of hydrogen-bond acceptors (Lipinski definition) is 4. The minimum absolute atomic E-state index is 0.0820. The smallest absolute Gasteiger partial charge is 0.306 e. The van der Waals surface area contributed by atoms with Crippen LogP contribution in [0.5, 0.6) is 0 Å². The first kappa shape index (κ1) is 22.2. The number of rotatable bonds is 6. The fourth-order valence-corrected chi connectivity index (χ4v) is 7.11. The highest BCUT2D eigenvalue weighted by molar-refractivity contribution is 6.36. The number of carbonyl (C=O) groups is 2. The maximum atomic E-state index is 13.3. The van der Waals surface area contributed by atoms with E-state index in [4.69, 9.17) is 16.7 Å². The lowest BCUT2D eigenvalue weighted by atomic mass is 9.50. The molecule has 1 aromatic heterocycles. The van der Waals surface area contributed by atoms with Gasteiger partial charge >= 0.3 is 5.97 Å². The SMILES string of the molecule is O=C(NC1CC2(C1)CC(C(=O)O)C2)c1ccc(Cl)c2cnn(Cc3ccc(N4CC5C[C@H]5C4)cc3)c12. The van der Waals surface area contributed by atoms with Crippen molar-refractivity contribution >= 4 is 40.1 Å². The van der Waals surface area contributed by atoms with Crippen LogP contribution in [0.4, 0.5) is 5.69 Å². The maximum Gasteiger partial charge on any atom is 0.306 e. The first-order valence-corrected chi connectivity index (χ1v) is 13.3. The second-order valence-electron chi connectivity index (χ2n) is 11.5. The number of nitrogens with one attached hydrogen (secondary N) is 1. The van der Waals surface area contributed by atoms with E-state index in [1.807, 2.05) is 4.68 Å². The summed E-state index contributed by atoms with van der Waals surface area (Å²) >= 11 is 6.47. The van der Waals surface area contributed by atoms with Crippen LogP contribution >= 0.6 is 11.6 Å². The van der Waals surface area contributed by atoms with Gasteiger partial charge in [-0.3, -0.25) is 14.3 Å². The molecule has 1 amide bonds. The highest BCUT2D eigenvalue weighted by Crippen LogP contribution is 2.58. The molecule has 0 radical (unpaired) electrons. The minimum atomic E-state index is -0.702. The van der Waals surface area contributed by atoms with Gasteiger partial charge in [-0.15, -0.1) is 0 Å². The molecule has 4 fully saturated rings. The fourth-order valence-electron chi connectivity index (χ4n) is 6.91. The van der Waals surface area contributed by atoms with Gasteiger partial charge in [0.05, 0.1) is 34.8 Å². The normalized spacial score (nSPS) is 30.1. The zero-order valence-corrected chi connectivity index (χ0v) is 20.7. The molecule has 1 aliphatic heterocycles. The third-order valence-corrected chi connectivity index (χ3v) is 9.34. The Hall–Kier alpha value is -3.06. The van der Waals surface area contributed by atoms with Crippen LogP contribution in [-0.2, 0) is 11.3 Å². The van der Waals surface area contributed by atoms with Gasteiger partial charge in [0.1, 0.15) is 0 Å². The van der Waals surface area contributed by atoms with Gasteiger partial charge in [-0.2, -0.15) is 5.10 Å². The molecule has 0 bridgehead atoms. The molecule has 36 heavy (non-hydrogen) atoms. The number of fused-ring (bicyclic) bond motifs is 2. The zero-order chi connectivity index (χ0) is 24.6. The molecular weight excluding hydrogens is 476 g/mol. The number of aliphatic carboxylic acids is 1. The third kappa shape index (κ3) is 3.67. The van der Waals surface area contributed by atoms with Gasteiger partial charge in [0, 0.05) is 30.2 Å². The third-order valence-electron chi connectivity index (χ3n) is 9.01. The highest BCUT2D eigenvalue weighted by Gasteiger charge is 2.55. The monoisotopic (exact) mass is 504 g/mol. The van der Waals surface area contributed by atoms with Gasteiger partial charge in [-0.25, -0.2) is 0 Å². The number of carbonyl (C=O) groups excluding carboxylic acids is 1. The molecule has 1 unspecified atom stereocenters. The van der Waals surface area contributed by atoms with Crippen LogP contribution < -0.4 is 10.2 Å². The van der Waals surface area contributed by atoms with Crippen molar-refractivity contribution in [2.45, 2.75) is 44.7 Å². The molecule has 2 heterocycles. The lowest BCUT2D eigenvalue weighted by Crippen LogP contribution is -2.57. The number of anilines is 1. The van der Waals surface area contributed by atoms with Gasteiger partial charge in [-0.05, 0) is 79.2 Å². The van der Waals surface area contributed by atoms with Crippen LogP contribution in [0, 0.1) is 23.2 Å². The summed E-state index contributed by atoms with van der Waals surface area (Å²) in [4.78, 5) is 26.9. The summed E-state index contributed by atoms with van der Waals surface area (Å²) in [6.07, 6.45) is 6.28. The maximum absolute atomic E-state index is 13.3. The summed E-state index contributed by atoms with van der Waals surface area (Å²) in [5, 5.41) is 18.3. The Morgan fingerprint density at radius 1 is 1.06 bits per heavy atom. The number of amides is 1. The van der Waals surface area contributed by atoms with Crippen molar-refractivity contribution in [2.24, 2.45) is 23.2 Å². The number of piperidine rings is 1. The molecule has 2 atom stereocenters. The molecule has 7 rings (SSSR count). The van der Waals surface area contributed by atoms with Crippen LogP contribution in [0.15, 0.2) is 42.6 Å². The quantitative estimate of drug-likeness (QED) is 0.513. The van der Waals surface area contributed by atoms with Gasteiger partial charge in [0.15, 0.2) is 0 Å². The molecule has 4 aliphatic rings. The molecule has 2 aromatic carbocycles. The summed E-state index contributed by atoms with van der Waals surface area (Å²) < 4.78 is 1.86. The molecule has 2 N–H and O–H groups in total. The van der Waals surface area contributed by atoms with Crippen LogP contribution in [0.1, 0.15) is 48.0 Å². The molecule has 186 valence electrons. The van der Waals surface area contributed by atoms with E-state index in [0.717, 1.165) is 54.0 Å². The van der Waals surface area contributed by atoms with Gasteiger partial charge in [-0.1, -0.05) is 23.7 Å². The van der Waals surface area contributed by atoms with Crippen LogP contribution in [-0.4, -0.2) is 45.9 Å². The Balaban J connectivity index is 1.07. The fraction of sp³-hybridized carbons (Fsp3) is 0.464. The Bertz CT molecular complexity index is 1360. The molecule has 3 aliphatic carbocycles. The standard InChI is InChI=1S/C28H29ClN4O3/c29-24-6-5-22(26(34)31-20-10-28(11-20)8-19(9-28)27(35)36)25-23(24)12-30-33(25)13-16-1-3-21(4-2-16)32-14-17-7-18(17)15-32/h1-6,12,17-20H,7-11,13-15H2,(H,31,34)(H,35,36)/t17-,18?,19?,20?,28?/m0/s1. The lowest BCUT2D eigenvalue weighted by molar-refractivity contribution is -0.155. The summed E-state index contributed by atoms with van der Waals surface area (Å²) in [7, 11) is 0. The lowest BCUT2D eigenvalue weighted by Gasteiger charge is -2.56. The molecule has 1 spiro atoms. The number of carboxylic acids is 1. The first-order chi connectivity index (χ1) is 17.4. The van der Waals surface area contributed by atoms with E-state index in [-0.39, 0.29) is 23.3 Å². The molecule has 8 heteroatoms. The number of benzene rings is 2. The number of hydrogen-bond donors (Lipinski definition) is 2. The van der Waals surface area contributed by atoms with Gasteiger partial charge in [0.25, 0.3) is 5.91 Å². The number of halogens is 1. The molecule has 3 aromatic rings. The second kappa shape index (κ2) is 7.97. The van der Waals surface area contributed by atoms with Crippen LogP contribution in [0.3, 0.4) is 0 Å². The Morgan fingerprint density at radius 2 is 1.78 bits per heavy atom. The number of nitrogens with zero attached hydrogens (tertiary/aromatic N) is 3. The number of aromatic nitrogens is 2. The average molecular weight is 505 g/mol. The van der Waals surface area contributed by atoms with E-state index in [9.17, 15) is 9.59 Å². The minimum Gasteiger partial charge on any atom is -0.481 e. The summed E-state index contributed by atoms with van der Waals surface area (Å²) in [5.74, 6) is 0.745. The van der Waals surface area contributed by atoms with Crippen molar-refractivity contribution in [2.75, 3.05) is 18.0 Å². The first-order valence-electron chi connectivity index (χ1n) is 12.9. The Labute approximate surface area is 214 Å². The van der Waals surface area contributed by atoms with Crippen molar-refractivity contribution in [3.63, 3.8) is 0 Å². The van der Waals surface area contributed by atoms with Crippen molar-refractivity contribution in [1.29, 1.82) is 0 Å². The zero-order valence-electron chi connectivity index (χ0n) is 20.0. The van der Waals surface area contributed by atoms with Crippen molar-refractivity contribution in [1.82, 2.24) is 15.1 Å². The van der Waals surface area contributed by atoms with E-state index in [1.54, 1.807) is 18.3 Å². The van der Waals surface area contributed by atoms with E-state index >= 15 is 0 Å². The molecule has 3 saturated carbocycles. The Kier molecular flexibility index (Phi) is 4.91. The van der Waals surface area contributed by atoms with E-state index in [0.29, 0.717) is 17.1 Å². The molecule has 1 saturated heterocycles. The van der Waals surface area contributed by atoms with Gasteiger partial charge < -0.3 is 15.3 Å². The predicted molar refractivity (Wildman–Crippen MR) is 137 cm³/mol. The summed E-state index contributed by atoms with van der Waals surface area (Å²) in [6.45, 7) is 2.90. The number of carboxylic acid groups (broad SMARTS) is 1. The van der Waals surface area contributed by atoms with Crippen molar-refractivity contribution in [3.8, 4) is 0 Å². The average Bonchev–Trinajstić information content (AvgIpc) is 3.20. The highest BCUT2D eigenvalue weighted by atomic mass is 35.5. The van der Waals surface area contributed by atoms with E-state index in [2.05, 4.69) is 39.6 Å². The largest absolute Gasteiger partial charge is 0.481 e. The van der Waals surface area contributed by atoms with Crippen LogP contribution in [0.25, 0.3) is 10.9 Å². The van der Waals surface area contributed by atoms with Crippen LogP contribution in [0.2, 0.25) is 5.02 Å². The molecular formula is C28H29ClN4O3. The summed E-state index contributed by atoms with van der Waals surface area (Å²) in [5.41, 5.74) is 3.82.